The number of aliphatic hydroxyl groups excluding tert-OH is 1. The monoisotopic (exact) mass is 502 g/mol. The molecule has 1 saturated heterocycles. The smallest absolute Gasteiger partial charge is 0.243 e. The molecule has 36 heavy (non-hydrogen) atoms. The van der Waals surface area contributed by atoms with E-state index < -0.39 is 59.8 Å². The highest BCUT2D eigenvalue weighted by atomic mass is 16.3. The van der Waals surface area contributed by atoms with Crippen LogP contribution < -0.4 is 21.3 Å². The normalized spacial score (nSPS) is 27.2. The Morgan fingerprint density at radius 3 is 1.61 bits per heavy atom. The molecule has 200 valence electrons. The third-order valence-electron chi connectivity index (χ3n) is 7.37. The zero-order valence-corrected chi connectivity index (χ0v) is 22.2. The summed E-state index contributed by atoms with van der Waals surface area (Å²) < 4.78 is 0. The summed E-state index contributed by atoms with van der Waals surface area (Å²) in [6.07, 6.45) is 0.539. The molecule has 5 N–H and O–H groups in total. The second-order valence-electron chi connectivity index (χ2n) is 10.1. The lowest BCUT2D eigenvalue weighted by Crippen LogP contribution is -2.65. The van der Waals surface area contributed by atoms with Crippen molar-refractivity contribution >= 4 is 23.6 Å². The molecule has 0 aliphatic carbocycles. The van der Waals surface area contributed by atoms with Gasteiger partial charge in [-0.1, -0.05) is 77.8 Å². The van der Waals surface area contributed by atoms with Crippen molar-refractivity contribution in [1.29, 1.82) is 0 Å². The number of carbonyl (C=O) groups excluding carboxylic acids is 4. The van der Waals surface area contributed by atoms with Gasteiger partial charge in [-0.15, -0.1) is 0 Å². The number of amides is 4. The van der Waals surface area contributed by atoms with Crippen molar-refractivity contribution in [3.63, 3.8) is 0 Å². The molecule has 9 heteroatoms. The number of carbonyl (C=O) groups is 4. The molecule has 4 amide bonds. The van der Waals surface area contributed by atoms with Crippen LogP contribution in [-0.4, -0.2) is 59.0 Å². The molecule has 0 saturated carbocycles. The molecule has 0 spiro atoms. The highest BCUT2D eigenvalue weighted by Gasteiger charge is 2.39. The summed E-state index contributed by atoms with van der Waals surface area (Å²) in [5, 5.41) is 21.4. The zero-order valence-electron chi connectivity index (χ0n) is 22.2. The fraction of sp³-hybridized carbons (Fsp3) is 0.630. The second kappa shape index (κ2) is 13.4. The first-order valence-electron chi connectivity index (χ1n) is 12.9. The van der Waals surface area contributed by atoms with Crippen LogP contribution in [0.1, 0.15) is 59.9 Å². The van der Waals surface area contributed by atoms with E-state index in [0.717, 1.165) is 5.56 Å². The fourth-order valence-corrected chi connectivity index (χ4v) is 4.18. The summed E-state index contributed by atoms with van der Waals surface area (Å²) in [7, 11) is 0. The van der Waals surface area contributed by atoms with Gasteiger partial charge in [-0.05, 0) is 24.3 Å². The van der Waals surface area contributed by atoms with Crippen LogP contribution in [0.4, 0.5) is 0 Å². The maximum atomic E-state index is 13.5. The predicted molar refractivity (Wildman–Crippen MR) is 138 cm³/mol. The molecular weight excluding hydrogens is 460 g/mol. The summed E-state index contributed by atoms with van der Waals surface area (Å²) >= 11 is 0. The Morgan fingerprint density at radius 2 is 1.14 bits per heavy atom. The Labute approximate surface area is 214 Å². The van der Waals surface area contributed by atoms with E-state index in [1.54, 1.807) is 13.8 Å². The van der Waals surface area contributed by atoms with Crippen molar-refractivity contribution in [1.82, 2.24) is 21.3 Å². The molecule has 0 radical (unpaired) electrons. The van der Waals surface area contributed by atoms with Gasteiger partial charge in [0.05, 0.1) is 6.10 Å². The van der Waals surface area contributed by atoms with Crippen molar-refractivity contribution in [3.8, 4) is 0 Å². The van der Waals surface area contributed by atoms with Crippen LogP contribution >= 0.6 is 0 Å². The Morgan fingerprint density at radius 1 is 0.694 bits per heavy atom. The summed E-state index contributed by atoms with van der Waals surface area (Å²) in [6.45, 7) is 10.7. The van der Waals surface area contributed by atoms with Crippen LogP contribution in [-0.2, 0) is 25.6 Å². The number of hydrogen-bond acceptors (Lipinski definition) is 5. The molecule has 1 fully saturated rings. The van der Waals surface area contributed by atoms with Gasteiger partial charge in [0.2, 0.25) is 23.6 Å². The predicted octanol–water partition coefficient (Wildman–Crippen LogP) is 1.29. The van der Waals surface area contributed by atoms with E-state index in [0.29, 0.717) is 12.8 Å². The standard InChI is InChI=1S/C27H42N4O5/c1-7-15(3)21-25(34)30-22(16(4)8-2)26(35)31-23(17(5)18(6)32)27(36)28-20(24(33)29-21)14-19-12-10-9-11-13-19/h9-13,15-18,20-23,32H,7-8,14H2,1-6H3,(H,28,36)(H,29,33)(H,30,34)(H,31,35)/t15-,16-,17+,18+,20-,21-,22-,23-/m0/s1. The molecular formula is C27H42N4O5. The molecule has 1 aliphatic heterocycles. The molecule has 1 aromatic rings. The molecule has 8 atom stereocenters. The van der Waals surface area contributed by atoms with Gasteiger partial charge < -0.3 is 26.4 Å². The van der Waals surface area contributed by atoms with E-state index in [-0.39, 0.29) is 18.3 Å². The number of rotatable bonds is 8. The van der Waals surface area contributed by atoms with Crippen LogP contribution in [0.15, 0.2) is 30.3 Å². The van der Waals surface area contributed by atoms with Crippen LogP contribution in [0.2, 0.25) is 0 Å². The van der Waals surface area contributed by atoms with Crippen LogP contribution in [0, 0.1) is 17.8 Å². The summed E-state index contributed by atoms with van der Waals surface area (Å²) in [5.74, 6) is -3.05. The van der Waals surface area contributed by atoms with E-state index in [1.165, 1.54) is 0 Å². The van der Waals surface area contributed by atoms with E-state index in [2.05, 4.69) is 21.3 Å². The Balaban J connectivity index is 2.53. The minimum Gasteiger partial charge on any atom is -0.393 e. The highest BCUT2D eigenvalue weighted by molar-refractivity contribution is 5.98. The van der Waals surface area contributed by atoms with Crippen molar-refractivity contribution < 1.29 is 24.3 Å². The van der Waals surface area contributed by atoms with Crippen molar-refractivity contribution in [2.75, 3.05) is 0 Å². The summed E-state index contributed by atoms with van der Waals surface area (Å²) in [6, 6.07) is 5.38. The zero-order chi connectivity index (χ0) is 27.0. The van der Waals surface area contributed by atoms with E-state index in [1.807, 2.05) is 58.0 Å². The lowest BCUT2D eigenvalue weighted by molar-refractivity contribution is -0.139. The maximum Gasteiger partial charge on any atom is 0.243 e. The second-order valence-corrected chi connectivity index (χ2v) is 10.1. The van der Waals surface area contributed by atoms with Crippen LogP contribution in [0.5, 0.6) is 0 Å². The number of aliphatic hydroxyl groups is 1. The topological polar surface area (TPSA) is 137 Å². The maximum absolute atomic E-state index is 13.5. The molecule has 0 unspecified atom stereocenters. The molecule has 0 bridgehead atoms. The van der Waals surface area contributed by atoms with E-state index in [4.69, 9.17) is 0 Å². The third-order valence-corrected chi connectivity index (χ3v) is 7.37. The number of benzene rings is 1. The lowest BCUT2D eigenvalue weighted by Gasteiger charge is -2.34. The van der Waals surface area contributed by atoms with Gasteiger partial charge in [0.1, 0.15) is 24.2 Å². The molecule has 0 aromatic heterocycles. The molecule has 1 aromatic carbocycles. The first-order valence-corrected chi connectivity index (χ1v) is 12.9. The summed E-state index contributed by atoms with van der Waals surface area (Å²) in [4.78, 5) is 53.6. The summed E-state index contributed by atoms with van der Waals surface area (Å²) in [5.41, 5.74) is 0.829. The van der Waals surface area contributed by atoms with E-state index >= 15 is 0 Å². The lowest BCUT2D eigenvalue weighted by atomic mass is 9.91. The van der Waals surface area contributed by atoms with E-state index in [9.17, 15) is 24.3 Å². The first-order chi connectivity index (χ1) is 17.0. The Bertz CT molecular complexity index is 907. The van der Waals surface area contributed by atoms with Gasteiger partial charge >= 0.3 is 0 Å². The van der Waals surface area contributed by atoms with Gasteiger partial charge in [-0.3, -0.25) is 19.2 Å². The SMILES string of the molecule is CC[C@H](C)[C@@H]1NC(=O)[C@H](Cc2ccccc2)NC(=O)[C@H]([C@H](C)[C@@H](C)O)NC(=O)[C@H]([C@@H](C)CC)NC1=O. The van der Waals surface area contributed by atoms with Crippen molar-refractivity contribution in [2.24, 2.45) is 17.8 Å². The first kappa shape index (κ1) is 29.3. The minimum atomic E-state index is -1.10. The average molecular weight is 503 g/mol. The Hall–Kier alpha value is -2.94. The van der Waals surface area contributed by atoms with Gasteiger partial charge in [0.25, 0.3) is 0 Å². The van der Waals surface area contributed by atoms with Crippen molar-refractivity contribution in [3.05, 3.63) is 35.9 Å². The van der Waals surface area contributed by atoms with Crippen LogP contribution in [0.25, 0.3) is 0 Å². The molecule has 2 rings (SSSR count). The third kappa shape index (κ3) is 7.53. The number of nitrogens with one attached hydrogen (secondary N) is 4. The average Bonchev–Trinajstić information content (AvgIpc) is 2.86. The largest absolute Gasteiger partial charge is 0.393 e. The highest BCUT2D eigenvalue weighted by Crippen LogP contribution is 2.16. The molecule has 1 aliphatic rings. The number of hydrogen-bond donors (Lipinski definition) is 5. The quantitative estimate of drug-likeness (QED) is 0.365. The van der Waals surface area contributed by atoms with Gasteiger partial charge in [0, 0.05) is 12.3 Å². The van der Waals surface area contributed by atoms with Gasteiger partial charge in [0.15, 0.2) is 0 Å². The Kier molecular flexibility index (Phi) is 10.9. The molecule has 1 heterocycles. The molecule has 9 nitrogen and oxygen atoms in total. The minimum absolute atomic E-state index is 0.200. The van der Waals surface area contributed by atoms with Gasteiger partial charge in [-0.2, -0.15) is 0 Å². The van der Waals surface area contributed by atoms with Gasteiger partial charge in [-0.25, -0.2) is 0 Å². The van der Waals surface area contributed by atoms with Crippen molar-refractivity contribution in [2.45, 2.75) is 91.1 Å². The van der Waals surface area contributed by atoms with Crippen LogP contribution in [0.3, 0.4) is 0 Å². The fourth-order valence-electron chi connectivity index (χ4n) is 4.18.